The fourth-order valence-electron chi connectivity index (χ4n) is 1.95. The van der Waals surface area contributed by atoms with Crippen LogP contribution in [0.15, 0.2) is 6.07 Å². The summed E-state index contributed by atoms with van der Waals surface area (Å²) in [6.45, 7) is 0.554. The van der Waals surface area contributed by atoms with Crippen molar-refractivity contribution >= 4 is 17.5 Å². The monoisotopic (exact) mass is 309 g/mol. The number of alkyl halides is 1. The van der Waals surface area contributed by atoms with Crippen LogP contribution in [0, 0.1) is 17.5 Å². The van der Waals surface area contributed by atoms with Crippen molar-refractivity contribution in [3.8, 4) is 5.75 Å². The maximum absolute atomic E-state index is 13.7. The smallest absolute Gasteiger partial charge is 0.257 e. The van der Waals surface area contributed by atoms with Crippen molar-refractivity contribution in [3.63, 3.8) is 0 Å². The lowest BCUT2D eigenvalue weighted by Crippen LogP contribution is -2.49. The Morgan fingerprint density at radius 1 is 1.45 bits per heavy atom. The number of aromatic hydroxyl groups is 1. The summed E-state index contributed by atoms with van der Waals surface area (Å²) < 4.78 is 45.0. The van der Waals surface area contributed by atoms with Gasteiger partial charge in [0.15, 0.2) is 17.4 Å². The average Bonchev–Trinajstić information content (AvgIpc) is 2.48. The molecule has 110 valence electrons. The van der Waals surface area contributed by atoms with Gasteiger partial charge < -0.3 is 14.7 Å². The number of phenols is 1. The fourth-order valence-corrected chi connectivity index (χ4v) is 2.21. The van der Waals surface area contributed by atoms with Crippen LogP contribution in [0.3, 0.4) is 0 Å². The van der Waals surface area contributed by atoms with Gasteiger partial charge in [0.1, 0.15) is 0 Å². The minimum absolute atomic E-state index is 0.0585. The highest BCUT2D eigenvalue weighted by molar-refractivity contribution is 6.18. The lowest BCUT2D eigenvalue weighted by atomic mass is 10.1. The summed E-state index contributed by atoms with van der Waals surface area (Å²) in [4.78, 5) is 13.4. The number of carbonyl (C=O) groups excluding carboxylic acids is 1. The van der Waals surface area contributed by atoms with E-state index in [0.717, 1.165) is 0 Å². The van der Waals surface area contributed by atoms with E-state index in [4.69, 9.17) is 21.4 Å². The Labute approximate surface area is 117 Å². The van der Waals surface area contributed by atoms with Crippen molar-refractivity contribution in [2.24, 2.45) is 0 Å². The van der Waals surface area contributed by atoms with Gasteiger partial charge in [0.2, 0.25) is 5.82 Å². The highest BCUT2D eigenvalue weighted by Gasteiger charge is 2.31. The molecule has 2 rings (SSSR count). The summed E-state index contributed by atoms with van der Waals surface area (Å²) in [5, 5.41) is 9.13. The standard InChI is InChI=1S/C12H11ClF3NO3/c13-4-6-5-20-2-1-17(6)12(19)7-3-8(14)10(16)11(18)9(7)15/h3,6,18H,1-2,4-5H2. The molecule has 1 fully saturated rings. The molecule has 0 aromatic heterocycles. The van der Waals surface area contributed by atoms with Crippen LogP contribution in [0.1, 0.15) is 10.4 Å². The van der Waals surface area contributed by atoms with Gasteiger partial charge in [0.25, 0.3) is 5.91 Å². The van der Waals surface area contributed by atoms with Crippen molar-refractivity contribution in [1.82, 2.24) is 4.90 Å². The highest BCUT2D eigenvalue weighted by Crippen LogP contribution is 2.27. The second-order valence-corrected chi connectivity index (χ2v) is 4.57. The van der Waals surface area contributed by atoms with Crippen LogP contribution >= 0.6 is 11.6 Å². The normalized spacial score (nSPS) is 19.2. The SMILES string of the molecule is O=C(c1cc(F)c(F)c(O)c1F)N1CCOCC1CCl. The minimum Gasteiger partial charge on any atom is -0.503 e. The van der Waals surface area contributed by atoms with Crippen LogP contribution in [0.4, 0.5) is 13.2 Å². The Hall–Kier alpha value is -1.47. The number of halogens is 4. The van der Waals surface area contributed by atoms with E-state index in [2.05, 4.69) is 0 Å². The molecule has 0 aliphatic carbocycles. The van der Waals surface area contributed by atoms with Gasteiger partial charge in [-0.2, -0.15) is 4.39 Å². The van der Waals surface area contributed by atoms with E-state index in [0.29, 0.717) is 6.07 Å². The van der Waals surface area contributed by atoms with Gasteiger partial charge >= 0.3 is 0 Å². The molecule has 0 spiro atoms. The summed E-state index contributed by atoms with van der Waals surface area (Å²) in [5.74, 6) is -7.04. The highest BCUT2D eigenvalue weighted by atomic mass is 35.5. The molecule has 20 heavy (non-hydrogen) atoms. The number of morpholine rings is 1. The first kappa shape index (κ1) is 14.9. The Morgan fingerprint density at radius 2 is 2.15 bits per heavy atom. The molecule has 1 N–H and O–H groups in total. The van der Waals surface area contributed by atoms with E-state index in [1.165, 1.54) is 4.90 Å². The van der Waals surface area contributed by atoms with Crippen molar-refractivity contribution < 1.29 is 27.8 Å². The summed E-state index contributed by atoms with van der Waals surface area (Å²) in [6, 6.07) is -0.0689. The molecular formula is C12H11ClF3NO3. The summed E-state index contributed by atoms with van der Waals surface area (Å²) in [5.41, 5.74) is -0.738. The first-order valence-electron chi connectivity index (χ1n) is 5.78. The predicted octanol–water partition coefficient (Wildman–Crippen LogP) is 1.89. The van der Waals surface area contributed by atoms with Gasteiger partial charge in [-0.15, -0.1) is 11.6 Å². The zero-order valence-corrected chi connectivity index (χ0v) is 11.0. The number of amides is 1. The third-order valence-electron chi connectivity index (χ3n) is 3.03. The average molecular weight is 310 g/mol. The zero-order valence-electron chi connectivity index (χ0n) is 10.2. The van der Waals surface area contributed by atoms with E-state index >= 15 is 0 Å². The van der Waals surface area contributed by atoms with Crippen LogP contribution in [0.5, 0.6) is 5.75 Å². The van der Waals surface area contributed by atoms with Gasteiger partial charge in [-0.05, 0) is 6.07 Å². The van der Waals surface area contributed by atoms with Crippen molar-refractivity contribution in [1.29, 1.82) is 0 Å². The largest absolute Gasteiger partial charge is 0.503 e. The fraction of sp³-hybridized carbons (Fsp3) is 0.417. The summed E-state index contributed by atoms with van der Waals surface area (Å²) >= 11 is 5.68. The van der Waals surface area contributed by atoms with E-state index in [1.807, 2.05) is 0 Å². The maximum Gasteiger partial charge on any atom is 0.257 e. The third-order valence-corrected chi connectivity index (χ3v) is 3.39. The molecule has 0 bridgehead atoms. The molecule has 0 radical (unpaired) electrons. The predicted molar refractivity (Wildman–Crippen MR) is 64.3 cm³/mol. The second-order valence-electron chi connectivity index (χ2n) is 4.26. The number of phenolic OH excluding ortho intramolecular Hbond substituents is 1. The third kappa shape index (κ3) is 2.55. The quantitative estimate of drug-likeness (QED) is 0.670. The molecule has 1 atom stereocenters. The minimum atomic E-state index is -1.73. The number of hydrogen-bond acceptors (Lipinski definition) is 3. The van der Waals surface area contributed by atoms with Crippen LogP contribution in [0.25, 0.3) is 0 Å². The topological polar surface area (TPSA) is 49.8 Å². The lowest BCUT2D eigenvalue weighted by molar-refractivity contribution is 0.00424. The molecule has 1 unspecified atom stereocenters. The van der Waals surface area contributed by atoms with Crippen molar-refractivity contribution in [2.45, 2.75) is 6.04 Å². The number of hydrogen-bond donors (Lipinski definition) is 1. The number of nitrogens with zero attached hydrogens (tertiary/aromatic N) is 1. The number of rotatable bonds is 2. The molecule has 1 aliphatic heterocycles. The van der Waals surface area contributed by atoms with E-state index in [9.17, 15) is 18.0 Å². The first-order valence-corrected chi connectivity index (χ1v) is 6.32. The van der Waals surface area contributed by atoms with Gasteiger partial charge in [0.05, 0.1) is 24.8 Å². The summed E-state index contributed by atoms with van der Waals surface area (Å²) in [6.07, 6.45) is 0. The summed E-state index contributed by atoms with van der Waals surface area (Å²) in [7, 11) is 0. The molecule has 1 aliphatic rings. The van der Waals surface area contributed by atoms with Crippen LogP contribution in [-0.4, -0.2) is 47.6 Å². The molecule has 0 saturated carbocycles. The molecule has 1 aromatic rings. The van der Waals surface area contributed by atoms with E-state index in [1.54, 1.807) is 0 Å². The van der Waals surface area contributed by atoms with Crippen LogP contribution < -0.4 is 0 Å². The Morgan fingerprint density at radius 3 is 2.80 bits per heavy atom. The Balaban J connectivity index is 2.38. The van der Waals surface area contributed by atoms with Gasteiger partial charge in [-0.25, -0.2) is 8.78 Å². The number of carbonyl (C=O) groups is 1. The molecular weight excluding hydrogens is 299 g/mol. The Bertz CT molecular complexity index is 541. The Kier molecular flexibility index (Phi) is 4.39. The molecule has 1 amide bonds. The van der Waals surface area contributed by atoms with Gasteiger partial charge in [-0.3, -0.25) is 4.79 Å². The van der Waals surface area contributed by atoms with Crippen LogP contribution in [-0.2, 0) is 4.74 Å². The lowest BCUT2D eigenvalue weighted by Gasteiger charge is -2.34. The number of ether oxygens (including phenoxy) is 1. The van der Waals surface area contributed by atoms with Crippen LogP contribution in [0.2, 0.25) is 0 Å². The molecule has 1 heterocycles. The first-order chi connectivity index (χ1) is 9.47. The molecule has 1 aromatic carbocycles. The number of benzene rings is 1. The van der Waals surface area contributed by atoms with E-state index < -0.39 is 40.7 Å². The molecule has 8 heteroatoms. The van der Waals surface area contributed by atoms with Gasteiger partial charge in [-0.1, -0.05) is 0 Å². The molecule has 1 saturated heterocycles. The van der Waals surface area contributed by atoms with Crippen molar-refractivity contribution in [2.75, 3.05) is 25.6 Å². The van der Waals surface area contributed by atoms with E-state index in [-0.39, 0.29) is 25.6 Å². The maximum atomic E-state index is 13.7. The molecule has 4 nitrogen and oxygen atoms in total. The van der Waals surface area contributed by atoms with Crippen molar-refractivity contribution in [3.05, 3.63) is 29.1 Å². The van der Waals surface area contributed by atoms with Gasteiger partial charge in [0, 0.05) is 12.4 Å². The second kappa shape index (κ2) is 5.88. The zero-order chi connectivity index (χ0) is 14.9.